The zero-order chi connectivity index (χ0) is 23.6. The summed E-state index contributed by atoms with van der Waals surface area (Å²) in [6.07, 6.45) is 4.53. The molecule has 0 radical (unpaired) electrons. The molecule has 0 spiro atoms. The first-order chi connectivity index (χ1) is 15.1. The van der Waals surface area contributed by atoms with Crippen molar-refractivity contribution in [2.24, 2.45) is 23.7 Å². The Morgan fingerprint density at radius 3 is 2.41 bits per heavy atom. The normalized spacial score (nSPS) is 37.7. The lowest BCUT2D eigenvalue weighted by molar-refractivity contribution is -0.162. The molecular formula is C24H41N3O5. The van der Waals surface area contributed by atoms with E-state index in [9.17, 15) is 19.8 Å². The largest absolute Gasteiger partial charge is 0.393 e. The molecule has 0 aromatic carbocycles. The third-order valence-electron chi connectivity index (χ3n) is 7.89. The zero-order valence-electron chi connectivity index (χ0n) is 20.2. The smallest absolute Gasteiger partial charge is 0.246 e. The second-order valence-electron chi connectivity index (χ2n) is 10.3. The van der Waals surface area contributed by atoms with Crippen LogP contribution in [0.5, 0.6) is 0 Å². The van der Waals surface area contributed by atoms with Gasteiger partial charge in [-0.25, -0.2) is 0 Å². The summed E-state index contributed by atoms with van der Waals surface area (Å²) in [7, 11) is 7.35. The van der Waals surface area contributed by atoms with Crippen LogP contribution in [0.2, 0.25) is 0 Å². The summed E-state index contributed by atoms with van der Waals surface area (Å²) in [6, 6.07) is 0.185. The van der Waals surface area contributed by atoms with Gasteiger partial charge in [0.05, 0.1) is 24.2 Å². The number of methoxy groups -OCH3 is 1. The molecule has 8 nitrogen and oxygen atoms in total. The number of fused-ring (bicyclic) bond motifs is 1. The molecule has 1 heterocycles. The van der Waals surface area contributed by atoms with Crippen molar-refractivity contribution in [2.45, 2.75) is 57.0 Å². The Hall–Kier alpha value is -1.48. The predicted octanol–water partition coefficient (Wildman–Crippen LogP) is 0.583. The molecule has 2 saturated carbocycles. The Labute approximate surface area is 192 Å². The van der Waals surface area contributed by atoms with E-state index in [0.29, 0.717) is 24.9 Å². The predicted molar refractivity (Wildman–Crippen MR) is 122 cm³/mol. The van der Waals surface area contributed by atoms with Crippen molar-refractivity contribution in [3.8, 4) is 0 Å². The van der Waals surface area contributed by atoms with Crippen molar-refractivity contribution >= 4 is 11.8 Å². The quantitative estimate of drug-likeness (QED) is 0.574. The van der Waals surface area contributed by atoms with Crippen molar-refractivity contribution in [1.29, 1.82) is 0 Å². The minimum Gasteiger partial charge on any atom is -0.393 e. The van der Waals surface area contributed by atoms with Gasteiger partial charge in [-0.3, -0.25) is 9.59 Å². The van der Waals surface area contributed by atoms with Crippen LogP contribution in [0, 0.1) is 23.7 Å². The molecule has 0 aromatic heterocycles. The van der Waals surface area contributed by atoms with Gasteiger partial charge < -0.3 is 29.6 Å². The molecule has 8 unspecified atom stereocenters. The molecule has 0 aromatic rings. The number of aliphatic hydroxyl groups excluding tert-OH is 2. The maximum atomic E-state index is 13.4. The van der Waals surface area contributed by atoms with Crippen molar-refractivity contribution in [1.82, 2.24) is 14.7 Å². The van der Waals surface area contributed by atoms with Crippen LogP contribution in [0.4, 0.5) is 0 Å². The standard InChI is InChI=1S/C24H41N3O5/c1-15-19(28)12-20(29)22(23(15)32-5)24(31)27-13-16-8-9-18(11-17(16)14-27)26(4)21(30)7-6-10-25(2)3/h6-7,15-20,22-23,28-29H,8-14H2,1-5H3/b7-6+. The zero-order valence-corrected chi connectivity index (χ0v) is 20.2. The number of aliphatic hydroxyl groups is 2. The molecule has 32 heavy (non-hydrogen) atoms. The number of nitrogens with zero attached hydrogens (tertiary/aromatic N) is 3. The number of likely N-dealkylation sites (N-methyl/N-ethyl adjacent to an activating group) is 2. The van der Waals surface area contributed by atoms with Gasteiger partial charge in [0.2, 0.25) is 11.8 Å². The van der Waals surface area contributed by atoms with Gasteiger partial charge in [-0.2, -0.15) is 0 Å². The summed E-state index contributed by atoms with van der Waals surface area (Å²) in [6.45, 7) is 3.97. The van der Waals surface area contributed by atoms with E-state index in [0.717, 1.165) is 25.8 Å². The number of hydrogen-bond acceptors (Lipinski definition) is 6. The maximum Gasteiger partial charge on any atom is 0.246 e. The summed E-state index contributed by atoms with van der Waals surface area (Å²) < 4.78 is 5.56. The Kier molecular flexibility index (Phi) is 8.36. The average Bonchev–Trinajstić information content (AvgIpc) is 3.18. The summed E-state index contributed by atoms with van der Waals surface area (Å²) in [5.41, 5.74) is 0. The number of ether oxygens (including phenoxy) is 1. The summed E-state index contributed by atoms with van der Waals surface area (Å²) >= 11 is 0. The molecule has 1 aliphatic heterocycles. The van der Waals surface area contributed by atoms with Crippen LogP contribution < -0.4 is 0 Å². The van der Waals surface area contributed by atoms with Crippen LogP contribution in [0.25, 0.3) is 0 Å². The van der Waals surface area contributed by atoms with Crippen molar-refractivity contribution in [3.05, 3.63) is 12.2 Å². The van der Waals surface area contributed by atoms with E-state index in [4.69, 9.17) is 4.74 Å². The molecule has 2 aliphatic carbocycles. The summed E-state index contributed by atoms with van der Waals surface area (Å²) in [5, 5.41) is 20.8. The topological polar surface area (TPSA) is 93.5 Å². The highest BCUT2D eigenvalue weighted by atomic mass is 16.5. The van der Waals surface area contributed by atoms with Crippen LogP contribution in [0.3, 0.4) is 0 Å². The van der Waals surface area contributed by atoms with E-state index in [1.807, 2.05) is 48.8 Å². The highest BCUT2D eigenvalue weighted by Crippen LogP contribution is 2.40. The number of rotatable bonds is 6. The van der Waals surface area contributed by atoms with E-state index < -0.39 is 24.2 Å². The van der Waals surface area contributed by atoms with Crippen LogP contribution in [0.1, 0.15) is 32.6 Å². The Bertz CT molecular complexity index is 699. The Morgan fingerprint density at radius 1 is 1.06 bits per heavy atom. The van der Waals surface area contributed by atoms with E-state index in [1.54, 1.807) is 13.2 Å². The number of amides is 2. The first kappa shape index (κ1) is 25.1. The maximum absolute atomic E-state index is 13.4. The first-order valence-electron chi connectivity index (χ1n) is 11.9. The number of hydrogen-bond donors (Lipinski definition) is 2. The Morgan fingerprint density at radius 2 is 1.75 bits per heavy atom. The van der Waals surface area contributed by atoms with E-state index >= 15 is 0 Å². The second-order valence-corrected chi connectivity index (χ2v) is 10.3. The highest BCUT2D eigenvalue weighted by Gasteiger charge is 2.49. The molecule has 3 rings (SSSR count). The van der Waals surface area contributed by atoms with Gasteiger partial charge in [-0.05, 0) is 45.2 Å². The molecular weight excluding hydrogens is 410 g/mol. The fourth-order valence-corrected chi connectivity index (χ4v) is 5.85. The van der Waals surface area contributed by atoms with Gasteiger partial charge >= 0.3 is 0 Å². The number of carbonyl (C=O) groups is 2. The van der Waals surface area contributed by atoms with E-state index in [-0.39, 0.29) is 30.2 Å². The van der Waals surface area contributed by atoms with Gasteiger partial charge in [0.25, 0.3) is 0 Å². The molecule has 8 atom stereocenters. The summed E-state index contributed by atoms with van der Waals surface area (Å²) in [5.74, 6) is -0.0735. The molecule has 8 heteroatoms. The molecule has 1 saturated heterocycles. The minimum atomic E-state index is -0.897. The Balaban J connectivity index is 1.60. The van der Waals surface area contributed by atoms with Gasteiger partial charge in [0, 0.05) is 58.2 Å². The first-order valence-corrected chi connectivity index (χ1v) is 11.9. The highest BCUT2D eigenvalue weighted by molar-refractivity contribution is 5.87. The number of carbonyl (C=O) groups excluding carboxylic acids is 2. The van der Waals surface area contributed by atoms with Crippen LogP contribution in [0.15, 0.2) is 12.2 Å². The molecule has 2 amide bonds. The van der Waals surface area contributed by atoms with Crippen LogP contribution in [-0.4, -0.2) is 109 Å². The van der Waals surface area contributed by atoms with Gasteiger partial charge in [0.1, 0.15) is 0 Å². The van der Waals surface area contributed by atoms with E-state index in [2.05, 4.69) is 0 Å². The monoisotopic (exact) mass is 451 g/mol. The SMILES string of the molecule is COC1C(C)C(O)CC(O)C1C(=O)N1CC2CCC(N(C)C(=O)/C=C/CN(C)C)CC2C1. The van der Waals surface area contributed by atoms with Crippen LogP contribution in [-0.2, 0) is 14.3 Å². The fraction of sp³-hybridized carbons (Fsp3) is 0.833. The van der Waals surface area contributed by atoms with Crippen molar-refractivity contribution in [3.63, 3.8) is 0 Å². The lowest BCUT2D eigenvalue weighted by Gasteiger charge is -2.42. The van der Waals surface area contributed by atoms with Crippen LogP contribution >= 0.6 is 0 Å². The minimum absolute atomic E-state index is 0.0297. The third-order valence-corrected chi connectivity index (χ3v) is 7.89. The van der Waals surface area contributed by atoms with Gasteiger partial charge in [-0.1, -0.05) is 13.0 Å². The van der Waals surface area contributed by atoms with Gasteiger partial charge in [-0.15, -0.1) is 0 Å². The summed E-state index contributed by atoms with van der Waals surface area (Å²) in [4.78, 5) is 31.7. The third kappa shape index (κ3) is 5.35. The van der Waals surface area contributed by atoms with E-state index in [1.165, 1.54) is 0 Å². The van der Waals surface area contributed by atoms with Gasteiger partial charge in [0.15, 0.2) is 0 Å². The van der Waals surface area contributed by atoms with Crippen molar-refractivity contribution in [2.75, 3.05) is 47.9 Å². The molecule has 2 N–H and O–H groups in total. The average molecular weight is 452 g/mol. The molecule has 0 bridgehead atoms. The fourth-order valence-electron chi connectivity index (χ4n) is 5.85. The second kappa shape index (κ2) is 10.6. The molecule has 182 valence electrons. The lowest BCUT2D eigenvalue weighted by Crippen LogP contribution is -2.55. The lowest BCUT2D eigenvalue weighted by atomic mass is 9.75. The number of likely N-dealkylation sites (tertiary alicyclic amines) is 1. The van der Waals surface area contributed by atoms with Crippen molar-refractivity contribution < 1.29 is 24.5 Å². The molecule has 3 fully saturated rings. The molecule has 3 aliphatic rings.